The maximum atomic E-state index is 12.7. The van der Waals surface area contributed by atoms with Gasteiger partial charge in [0.25, 0.3) is 5.56 Å². The first-order valence-corrected chi connectivity index (χ1v) is 8.43. The number of rotatable bonds is 3. The van der Waals surface area contributed by atoms with E-state index in [4.69, 9.17) is 0 Å². The third-order valence-electron chi connectivity index (χ3n) is 3.66. The number of hydrogen-bond acceptors (Lipinski definition) is 6. The van der Waals surface area contributed by atoms with Crippen molar-refractivity contribution in [2.24, 2.45) is 0 Å². The first-order valence-electron chi connectivity index (χ1n) is 6.95. The zero-order chi connectivity index (χ0) is 16.8. The number of hydrogen-bond donors (Lipinski definition) is 1. The van der Waals surface area contributed by atoms with Gasteiger partial charge in [0, 0.05) is 0 Å². The number of likely N-dealkylation sites (N-methyl/N-ethyl adjacent to an activating group) is 1. The van der Waals surface area contributed by atoms with Gasteiger partial charge >= 0.3 is 0 Å². The van der Waals surface area contributed by atoms with Crippen molar-refractivity contribution in [3.05, 3.63) is 46.0 Å². The van der Waals surface area contributed by atoms with Gasteiger partial charge in [-0.05, 0) is 12.1 Å². The minimum absolute atomic E-state index is 0.0559. The van der Waals surface area contributed by atoms with Gasteiger partial charge in [0.2, 0.25) is 9.84 Å². The molecule has 0 radical (unpaired) electrons. The number of sulfone groups is 1. The third-order valence-corrected chi connectivity index (χ3v) is 5.52. The van der Waals surface area contributed by atoms with Crippen LogP contribution in [0, 0.1) is 5.21 Å². The number of benzene rings is 1. The van der Waals surface area contributed by atoms with Gasteiger partial charge in [-0.3, -0.25) is 4.79 Å². The number of hydroxylamine groups is 3. The van der Waals surface area contributed by atoms with Crippen LogP contribution in [0.2, 0.25) is 0 Å². The summed E-state index contributed by atoms with van der Waals surface area (Å²) in [6, 6.07) is 6.42. The quantitative estimate of drug-likeness (QED) is 0.651. The van der Waals surface area contributed by atoms with E-state index < -0.39 is 20.0 Å². The summed E-state index contributed by atoms with van der Waals surface area (Å²) >= 11 is 0. The number of anilines is 2. The Morgan fingerprint density at radius 3 is 2.65 bits per heavy atom. The second kappa shape index (κ2) is 5.15. The Morgan fingerprint density at radius 1 is 1.26 bits per heavy atom. The van der Waals surface area contributed by atoms with E-state index in [1.54, 1.807) is 23.1 Å². The van der Waals surface area contributed by atoms with E-state index in [1.165, 1.54) is 26.4 Å². The summed E-state index contributed by atoms with van der Waals surface area (Å²) in [5.74, 6) is 0. The Morgan fingerprint density at radius 2 is 1.96 bits per heavy atom. The van der Waals surface area contributed by atoms with Crippen LogP contribution < -0.4 is 10.5 Å². The number of H-pyrrole nitrogens is 1. The van der Waals surface area contributed by atoms with Gasteiger partial charge in [0.1, 0.15) is 0 Å². The van der Waals surface area contributed by atoms with Crippen LogP contribution in [0.1, 0.15) is 0 Å². The van der Waals surface area contributed by atoms with Crippen LogP contribution in [-0.2, 0) is 9.84 Å². The molecule has 9 heteroatoms. The molecule has 0 saturated carbocycles. The van der Waals surface area contributed by atoms with Crippen molar-refractivity contribution >= 4 is 21.2 Å². The molecule has 1 aliphatic heterocycles. The lowest BCUT2D eigenvalue weighted by atomic mass is 10.2. The first-order chi connectivity index (χ1) is 10.7. The molecule has 1 aromatic carbocycles. The van der Waals surface area contributed by atoms with E-state index in [0.29, 0.717) is 5.69 Å². The SMILES string of the molecule is C[N+](C)([O-])CCN1c2ccccc2S(=O)(=O)c2c1cn[nH]c2=O. The molecule has 2 aromatic rings. The maximum Gasteiger partial charge on any atom is 0.285 e. The number of para-hydroxylation sites is 1. The molecule has 0 fully saturated rings. The Bertz CT molecular complexity index is 915. The van der Waals surface area contributed by atoms with Crippen LogP contribution in [0.5, 0.6) is 0 Å². The summed E-state index contributed by atoms with van der Waals surface area (Å²) < 4.78 is 24.9. The number of fused-ring (bicyclic) bond motifs is 2. The number of nitrogens with zero attached hydrogens (tertiary/aromatic N) is 3. The lowest BCUT2D eigenvalue weighted by Gasteiger charge is -2.38. The summed E-state index contributed by atoms with van der Waals surface area (Å²) in [5.41, 5.74) is -0.125. The van der Waals surface area contributed by atoms with Crippen LogP contribution in [0.4, 0.5) is 11.4 Å². The fraction of sp³-hybridized carbons (Fsp3) is 0.286. The lowest BCUT2D eigenvalue weighted by molar-refractivity contribution is -0.838. The predicted molar refractivity (Wildman–Crippen MR) is 84.1 cm³/mol. The Hall–Kier alpha value is -2.23. The molecular weight excluding hydrogens is 320 g/mol. The van der Waals surface area contributed by atoms with E-state index in [9.17, 15) is 18.4 Å². The molecule has 122 valence electrons. The molecule has 1 N–H and O–H groups in total. The lowest BCUT2D eigenvalue weighted by Crippen LogP contribution is -2.41. The van der Waals surface area contributed by atoms with Crippen molar-refractivity contribution < 1.29 is 13.1 Å². The first kappa shape index (κ1) is 15.7. The van der Waals surface area contributed by atoms with Crippen molar-refractivity contribution in [2.45, 2.75) is 9.79 Å². The summed E-state index contributed by atoms with van der Waals surface area (Å²) in [7, 11) is -0.920. The van der Waals surface area contributed by atoms with Crippen molar-refractivity contribution in [2.75, 3.05) is 32.1 Å². The van der Waals surface area contributed by atoms with Crippen LogP contribution in [0.25, 0.3) is 0 Å². The van der Waals surface area contributed by atoms with Crippen molar-refractivity contribution in [1.82, 2.24) is 10.2 Å². The monoisotopic (exact) mass is 336 g/mol. The Balaban J connectivity index is 2.23. The number of aromatic nitrogens is 2. The van der Waals surface area contributed by atoms with Gasteiger partial charge in [-0.15, -0.1) is 0 Å². The van der Waals surface area contributed by atoms with E-state index >= 15 is 0 Å². The van der Waals surface area contributed by atoms with Gasteiger partial charge in [-0.2, -0.15) is 5.10 Å². The number of aromatic amines is 1. The fourth-order valence-corrected chi connectivity index (χ4v) is 4.22. The molecule has 0 atom stereocenters. The van der Waals surface area contributed by atoms with Crippen LogP contribution in [0.3, 0.4) is 0 Å². The molecule has 0 saturated heterocycles. The second-order valence-corrected chi connectivity index (χ2v) is 7.69. The standard InChI is InChI=1S/C14H16N4O4S/c1-18(2,20)8-7-17-10-5-3-4-6-12(10)23(21,22)13-11(17)9-15-16-14(13)19/h3-6,9H,7-8H2,1-2H3,(H,16,19). The van der Waals surface area contributed by atoms with Crippen LogP contribution >= 0.6 is 0 Å². The highest BCUT2D eigenvalue weighted by molar-refractivity contribution is 7.92. The molecule has 0 spiro atoms. The molecular formula is C14H16N4O4S. The van der Waals surface area contributed by atoms with Gasteiger partial charge < -0.3 is 14.8 Å². The molecule has 0 aliphatic carbocycles. The smallest absolute Gasteiger partial charge is 0.285 e. The molecule has 0 amide bonds. The summed E-state index contributed by atoms with van der Waals surface area (Å²) in [5, 5.41) is 17.7. The summed E-state index contributed by atoms with van der Waals surface area (Å²) in [6.07, 6.45) is 1.30. The zero-order valence-corrected chi connectivity index (χ0v) is 13.5. The van der Waals surface area contributed by atoms with E-state index in [1.807, 2.05) is 0 Å². The summed E-state index contributed by atoms with van der Waals surface area (Å²) in [6.45, 7) is 0.488. The largest absolute Gasteiger partial charge is 0.633 e. The fourth-order valence-electron chi connectivity index (χ4n) is 2.56. The third kappa shape index (κ3) is 2.62. The highest BCUT2D eigenvalue weighted by atomic mass is 32.2. The van der Waals surface area contributed by atoms with E-state index in [0.717, 1.165) is 0 Å². The molecule has 8 nitrogen and oxygen atoms in total. The second-order valence-electron chi connectivity index (χ2n) is 5.83. The number of quaternary nitrogens is 1. The minimum Gasteiger partial charge on any atom is -0.633 e. The molecule has 2 heterocycles. The Labute approximate surface area is 133 Å². The van der Waals surface area contributed by atoms with Gasteiger partial charge in [0.15, 0.2) is 4.90 Å². The molecule has 1 aromatic heterocycles. The van der Waals surface area contributed by atoms with Crippen LogP contribution in [0.15, 0.2) is 45.0 Å². The van der Waals surface area contributed by atoms with Gasteiger partial charge in [-0.25, -0.2) is 13.5 Å². The highest BCUT2D eigenvalue weighted by Crippen LogP contribution is 2.41. The predicted octanol–water partition coefficient (Wildman–Crippen LogP) is 0.628. The number of nitrogens with one attached hydrogen (secondary N) is 1. The van der Waals surface area contributed by atoms with Gasteiger partial charge in [-0.1, -0.05) is 12.1 Å². The van der Waals surface area contributed by atoms with E-state index in [-0.39, 0.29) is 28.6 Å². The van der Waals surface area contributed by atoms with Gasteiger partial charge in [0.05, 0.1) is 49.7 Å². The van der Waals surface area contributed by atoms with Crippen molar-refractivity contribution in [3.8, 4) is 0 Å². The van der Waals surface area contributed by atoms with Crippen LogP contribution in [-0.4, -0.2) is 50.4 Å². The zero-order valence-electron chi connectivity index (χ0n) is 12.7. The Kier molecular flexibility index (Phi) is 3.51. The molecule has 0 bridgehead atoms. The minimum atomic E-state index is -3.93. The summed E-state index contributed by atoms with van der Waals surface area (Å²) in [4.78, 5) is 13.4. The average Bonchev–Trinajstić information content (AvgIpc) is 2.46. The van der Waals surface area contributed by atoms with Crippen molar-refractivity contribution in [3.63, 3.8) is 0 Å². The highest BCUT2D eigenvalue weighted by Gasteiger charge is 2.36. The van der Waals surface area contributed by atoms with Crippen molar-refractivity contribution in [1.29, 1.82) is 0 Å². The molecule has 0 unspecified atom stereocenters. The maximum absolute atomic E-state index is 12.7. The van der Waals surface area contributed by atoms with E-state index in [2.05, 4.69) is 10.2 Å². The molecule has 1 aliphatic rings. The molecule has 3 rings (SSSR count). The average molecular weight is 336 g/mol. The topological polar surface area (TPSA) is 106 Å². The normalized spacial score (nSPS) is 15.9. The molecule has 23 heavy (non-hydrogen) atoms.